The quantitative estimate of drug-likeness (QED) is 0.826. The molecule has 0 bridgehead atoms. The second-order valence-corrected chi connectivity index (χ2v) is 4.50. The summed E-state index contributed by atoms with van der Waals surface area (Å²) in [4.78, 5) is 11.7. The van der Waals surface area contributed by atoms with E-state index in [9.17, 15) is 4.79 Å². The van der Waals surface area contributed by atoms with Gasteiger partial charge in [0, 0.05) is 32.3 Å². The van der Waals surface area contributed by atoms with Crippen LogP contribution in [-0.4, -0.2) is 35.4 Å². The molecule has 0 spiro atoms. The Balaban J connectivity index is 1.73. The third-order valence-corrected chi connectivity index (χ3v) is 3.15. The molecule has 0 aromatic carbocycles. The number of rotatable bonds is 4. The zero-order valence-electron chi connectivity index (χ0n) is 10.4. The Morgan fingerprint density at radius 3 is 3.12 bits per heavy atom. The van der Waals surface area contributed by atoms with Gasteiger partial charge in [-0.2, -0.15) is 5.10 Å². The summed E-state index contributed by atoms with van der Waals surface area (Å²) in [7, 11) is 1.92. The summed E-state index contributed by atoms with van der Waals surface area (Å²) in [6.07, 6.45) is 1.62. The fraction of sp³-hybridized carbons (Fsp3) is 0.667. The van der Waals surface area contributed by atoms with E-state index in [1.54, 1.807) is 0 Å². The SMILES string of the molecule is Cc1cc(CCNC(=O)C2CCOC2)nn1C. The highest BCUT2D eigenvalue weighted by molar-refractivity contribution is 5.78. The van der Waals surface area contributed by atoms with Crippen LogP contribution in [0.1, 0.15) is 17.8 Å². The number of aromatic nitrogens is 2. The van der Waals surface area contributed by atoms with Gasteiger partial charge in [0.1, 0.15) is 0 Å². The number of amides is 1. The summed E-state index contributed by atoms with van der Waals surface area (Å²) in [5, 5.41) is 7.28. The molecule has 5 nitrogen and oxygen atoms in total. The molecule has 1 amide bonds. The molecule has 0 saturated carbocycles. The third kappa shape index (κ3) is 3.06. The first-order valence-corrected chi connectivity index (χ1v) is 6.02. The van der Waals surface area contributed by atoms with Crippen LogP contribution in [0, 0.1) is 12.8 Å². The average Bonchev–Trinajstić information content (AvgIpc) is 2.90. The molecule has 0 radical (unpaired) electrons. The molecule has 2 rings (SSSR count). The van der Waals surface area contributed by atoms with Gasteiger partial charge < -0.3 is 10.1 Å². The van der Waals surface area contributed by atoms with E-state index in [0.717, 1.165) is 24.2 Å². The molecule has 1 fully saturated rings. The molecule has 5 heteroatoms. The zero-order valence-corrected chi connectivity index (χ0v) is 10.4. The number of carbonyl (C=O) groups is 1. The third-order valence-electron chi connectivity index (χ3n) is 3.15. The lowest BCUT2D eigenvalue weighted by molar-refractivity contribution is -0.124. The highest BCUT2D eigenvalue weighted by Gasteiger charge is 2.22. The maximum absolute atomic E-state index is 11.7. The van der Waals surface area contributed by atoms with Crippen LogP contribution in [0.15, 0.2) is 6.07 Å². The molecule has 2 heterocycles. The van der Waals surface area contributed by atoms with Gasteiger partial charge in [-0.15, -0.1) is 0 Å². The van der Waals surface area contributed by atoms with E-state index in [0.29, 0.717) is 19.8 Å². The Labute approximate surface area is 101 Å². The standard InChI is InChI=1S/C12H19N3O2/c1-9-7-11(14-15(9)2)3-5-13-12(16)10-4-6-17-8-10/h7,10H,3-6,8H2,1-2H3,(H,13,16). The van der Waals surface area contributed by atoms with Crippen LogP contribution >= 0.6 is 0 Å². The van der Waals surface area contributed by atoms with Crippen molar-refractivity contribution in [1.29, 1.82) is 0 Å². The molecule has 1 saturated heterocycles. The largest absolute Gasteiger partial charge is 0.381 e. The van der Waals surface area contributed by atoms with E-state index >= 15 is 0 Å². The van der Waals surface area contributed by atoms with Crippen molar-refractivity contribution in [3.63, 3.8) is 0 Å². The predicted octanol–water partition coefficient (Wildman–Crippen LogP) is 0.424. The van der Waals surface area contributed by atoms with Gasteiger partial charge >= 0.3 is 0 Å². The smallest absolute Gasteiger partial charge is 0.225 e. The summed E-state index contributed by atoms with van der Waals surface area (Å²) in [5.74, 6) is 0.149. The first-order chi connectivity index (χ1) is 8.16. The van der Waals surface area contributed by atoms with Crippen molar-refractivity contribution in [3.8, 4) is 0 Å². The van der Waals surface area contributed by atoms with Crippen LogP contribution in [0.5, 0.6) is 0 Å². The molecule has 1 aliphatic heterocycles. The lowest BCUT2D eigenvalue weighted by Crippen LogP contribution is -2.32. The minimum atomic E-state index is 0.0421. The maximum Gasteiger partial charge on any atom is 0.225 e. The van der Waals surface area contributed by atoms with Gasteiger partial charge in [0.2, 0.25) is 5.91 Å². The second-order valence-electron chi connectivity index (χ2n) is 4.50. The number of carbonyl (C=O) groups excluding carboxylic acids is 1. The highest BCUT2D eigenvalue weighted by atomic mass is 16.5. The van der Waals surface area contributed by atoms with Gasteiger partial charge in [0.05, 0.1) is 18.2 Å². The van der Waals surface area contributed by atoms with Gasteiger partial charge in [0.25, 0.3) is 0 Å². The average molecular weight is 237 g/mol. The maximum atomic E-state index is 11.7. The van der Waals surface area contributed by atoms with E-state index in [4.69, 9.17) is 4.74 Å². The minimum absolute atomic E-state index is 0.0421. The highest BCUT2D eigenvalue weighted by Crippen LogP contribution is 2.11. The molecule has 1 aromatic heterocycles. The normalized spacial score (nSPS) is 19.5. The Kier molecular flexibility index (Phi) is 3.78. The molecule has 17 heavy (non-hydrogen) atoms. The van der Waals surface area contributed by atoms with Gasteiger partial charge in [-0.25, -0.2) is 0 Å². The van der Waals surface area contributed by atoms with Crippen molar-refractivity contribution in [2.45, 2.75) is 19.8 Å². The predicted molar refractivity (Wildman–Crippen MR) is 63.6 cm³/mol. The second kappa shape index (κ2) is 5.31. The molecular formula is C12H19N3O2. The Morgan fingerprint density at radius 1 is 1.71 bits per heavy atom. The summed E-state index contributed by atoms with van der Waals surface area (Å²) < 4.78 is 7.03. The van der Waals surface area contributed by atoms with E-state index in [1.165, 1.54) is 0 Å². The van der Waals surface area contributed by atoms with Crippen molar-refractivity contribution in [2.24, 2.45) is 13.0 Å². The van der Waals surface area contributed by atoms with Crippen molar-refractivity contribution in [3.05, 3.63) is 17.5 Å². The Bertz CT molecular complexity index is 375. The monoisotopic (exact) mass is 237 g/mol. The first-order valence-electron chi connectivity index (χ1n) is 6.02. The fourth-order valence-corrected chi connectivity index (χ4v) is 1.96. The summed E-state index contributed by atoms with van der Waals surface area (Å²) in [6.45, 7) is 3.93. The fourth-order valence-electron chi connectivity index (χ4n) is 1.96. The lowest BCUT2D eigenvalue weighted by atomic mass is 10.1. The molecule has 1 aromatic rings. The number of hydrogen-bond acceptors (Lipinski definition) is 3. The van der Waals surface area contributed by atoms with Gasteiger partial charge in [-0.1, -0.05) is 0 Å². The molecule has 1 aliphatic rings. The van der Waals surface area contributed by atoms with Crippen LogP contribution < -0.4 is 5.32 Å². The van der Waals surface area contributed by atoms with Crippen LogP contribution in [0.4, 0.5) is 0 Å². The minimum Gasteiger partial charge on any atom is -0.381 e. The molecule has 1 atom stereocenters. The van der Waals surface area contributed by atoms with Crippen molar-refractivity contribution in [1.82, 2.24) is 15.1 Å². The number of aryl methyl sites for hydroxylation is 2. The van der Waals surface area contributed by atoms with E-state index in [2.05, 4.69) is 10.4 Å². The summed E-state index contributed by atoms with van der Waals surface area (Å²) in [6, 6.07) is 2.05. The van der Waals surface area contributed by atoms with Crippen LogP contribution in [0.2, 0.25) is 0 Å². The molecule has 94 valence electrons. The number of hydrogen-bond donors (Lipinski definition) is 1. The van der Waals surface area contributed by atoms with Crippen LogP contribution in [-0.2, 0) is 23.0 Å². The Hall–Kier alpha value is -1.36. The van der Waals surface area contributed by atoms with Gasteiger partial charge in [0.15, 0.2) is 0 Å². The topological polar surface area (TPSA) is 56.1 Å². The molecule has 0 aliphatic carbocycles. The van der Waals surface area contributed by atoms with E-state index in [-0.39, 0.29) is 11.8 Å². The summed E-state index contributed by atoms with van der Waals surface area (Å²) in [5.41, 5.74) is 2.16. The van der Waals surface area contributed by atoms with E-state index in [1.807, 2.05) is 24.7 Å². The number of ether oxygens (including phenoxy) is 1. The van der Waals surface area contributed by atoms with Crippen molar-refractivity contribution < 1.29 is 9.53 Å². The molecule has 1 N–H and O–H groups in total. The molecular weight excluding hydrogens is 218 g/mol. The Morgan fingerprint density at radius 2 is 2.53 bits per heavy atom. The van der Waals surface area contributed by atoms with Gasteiger partial charge in [-0.3, -0.25) is 9.48 Å². The van der Waals surface area contributed by atoms with Crippen molar-refractivity contribution in [2.75, 3.05) is 19.8 Å². The van der Waals surface area contributed by atoms with Gasteiger partial charge in [-0.05, 0) is 19.4 Å². The van der Waals surface area contributed by atoms with Crippen LogP contribution in [0.3, 0.4) is 0 Å². The zero-order chi connectivity index (χ0) is 12.3. The molecule has 1 unspecified atom stereocenters. The van der Waals surface area contributed by atoms with E-state index < -0.39 is 0 Å². The number of nitrogens with zero attached hydrogens (tertiary/aromatic N) is 2. The van der Waals surface area contributed by atoms with Crippen LogP contribution in [0.25, 0.3) is 0 Å². The summed E-state index contributed by atoms with van der Waals surface area (Å²) >= 11 is 0. The first kappa shape index (κ1) is 12.1. The number of nitrogens with one attached hydrogen (secondary N) is 1. The van der Waals surface area contributed by atoms with Crippen molar-refractivity contribution >= 4 is 5.91 Å². The lowest BCUT2D eigenvalue weighted by Gasteiger charge is -2.08.